The molecule has 0 N–H and O–H groups in total. The van der Waals surface area contributed by atoms with E-state index in [4.69, 9.17) is 0 Å². The predicted molar refractivity (Wildman–Crippen MR) is 30.1 cm³/mol. The first-order valence-corrected chi connectivity index (χ1v) is 2.50. The van der Waals surface area contributed by atoms with Gasteiger partial charge >= 0.3 is 0 Å². The van der Waals surface area contributed by atoms with Gasteiger partial charge in [0.2, 0.25) is 0 Å². The summed E-state index contributed by atoms with van der Waals surface area (Å²) < 4.78 is 0. The molecule has 1 rings (SSSR count). The highest BCUT2D eigenvalue weighted by Crippen LogP contribution is 1.94. The zero-order chi connectivity index (χ0) is 5.11. The Balaban J connectivity index is 2.42. The highest BCUT2D eigenvalue weighted by molar-refractivity contribution is 7.78. The number of nitrogens with zero attached hydrogens (tertiary/aromatic N) is 3. The van der Waals surface area contributed by atoms with Gasteiger partial charge in [0.05, 0.1) is 18.6 Å². The molecule has 0 aliphatic carbocycles. The van der Waals surface area contributed by atoms with E-state index < -0.39 is 0 Å². The van der Waals surface area contributed by atoms with E-state index in [0.717, 1.165) is 13.1 Å². The largest absolute Gasteiger partial charge is 0.242 e. The van der Waals surface area contributed by atoms with Gasteiger partial charge in [0.1, 0.15) is 0 Å². The van der Waals surface area contributed by atoms with Crippen LogP contribution in [0.15, 0.2) is 10.3 Å². The standard InChI is InChI=1S/C3H5N3S/c7-3-6-2-1-4-5-6/h3H,1-2H2. The van der Waals surface area contributed by atoms with Gasteiger partial charge in [0.15, 0.2) is 0 Å². The molecule has 1 aliphatic rings. The van der Waals surface area contributed by atoms with Crippen molar-refractivity contribution in [2.75, 3.05) is 13.1 Å². The first-order chi connectivity index (χ1) is 3.43. The van der Waals surface area contributed by atoms with E-state index in [0.29, 0.717) is 0 Å². The lowest BCUT2D eigenvalue weighted by Crippen LogP contribution is -2.10. The molecule has 0 fully saturated rings. The zero-order valence-corrected chi connectivity index (χ0v) is 4.56. The van der Waals surface area contributed by atoms with Crippen LogP contribution in [0.1, 0.15) is 0 Å². The van der Waals surface area contributed by atoms with Crippen molar-refractivity contribution in [2.45, 2.75) is 0 Å². The van der Waals surface area contributed by atoms with Crippen molar-refractivity contribution in [1.82, 2.24) is 5.01 Å². The lowest BCUT2D eigenvalue weighted by molar-refractivity contribution is 0.518. The first kappa shape index (κ1) is 4.64. The van der Waals surface area contributed by atoms with Crippen molar-refractivity contribution < 1.29 is 0 Å². The second-order valence-corrected chi connectivity index (χ2v) is 1.43. The molecule has 7 heavy (non-hydrogen) atoms. The van der Waals surface area contributed by atoms with E-state index in [1.54, 1.807) is 5.01 Å². The smallest absolute Gasteiger partial charge is 0.0879 e. The molecule has 0 amide bonds. The van der Waals surface area contributed by atoms with Crippen LogP contribution in [-0.4, -0.2) is 23.6 Å². The minimum atomic E-state index is 0.785. The van der Waals surface area contributed by atoms with E-state index in [1.807, 2.05) is 0 Å². The Morgan fingerprint density at radius 1 is 1.71 bits per heavy atom. The van der Waals surface area contributed by atoms with Crippen LogP contribution in [0.3, 0.4) is 0 Å². The van der Waals surface area contributed by atoms with Gasteiger partial charge in [-0.25, -0.2) is 5.01 Å². The Morgan fingerprint density at radius 2 is 2.57 bits per heavy atom. The summed E-state index contributed by atoms with van der Waals surface area (Å²) in [5, 5.41) is 8.98. The van der Waals surface area contributed by atoms with Crippen molar-refractivity contribution in [3.05, 3.63) is 0 Å². The molecule has 0 saturated heterocycles. The van der Waals surface area contributed by atoms with Gasteiger partial charge < -0.3 is 0 Å². The number of thiocarbonyl (C=S) groups is 1. The third-order valence-corrected chi connectivity index (χ3v) is 0.972. The van der Waals surface area contributed by atoms with E-state index in [1.165, 1.54) is 5.49 Å². The summed E-state index contributed by atoms with van der Waals surface area (Å²) in [5.41, 5.74) is 1.50. The Labute approximate surface area is 47.0 Å². The number of hydrogen-bond donors (Lipinski definition) is 0. The topological polar surface area (TPSA) is 28.0 Å². The molecule has 0 unspecified atom stereocenters. The van der Waals surface area contributed by atoms with Gasteiger partial charge in [0.25, 0.3) is 0 Å². The molecule has 0 spiro atoms. The summed E-state index contributed by atoms with van der Waals surface area (Å²) in [6.07, 6.45) is 0. The molecule has 0 bridgehead atoms. The van der Waals surface area contributed by atoms with Gasteiger partial charge in [-0.05, 0) is 0 Å². The van der Waals surface area contributed by atoms with Crippen LogP contribution in [0.5, 0.6) is 0 Å². The lowest BCUT2D eigenvalue weighted by Gasteiger charge is -1.97. The highest BCUT2D eigenvalue weighted by atomic mass is 32.1. The van der Waals surface area contributed by atoms with Gasteiger partial charge in [-0.2, -0.15) is 5.11 Å². The van der Waals surface area contributed by atoms with E-state index in [9.17, 15) is 0 Å². The van der Waals surface area contributed by atoms with Crippen LogP contribution in [0.2, 0.25) is 0 Å². The Bertz CT molecular complexity index is 100. The van der Waals surface area contributed by atoms with Gasteiger partial charge in [-0.15, -0.1) is 0 Å². The van der Waals surface area contributed by atoms with E-state index in [-0.39, 0.29) is 0 Å². The first-order valence-electron chi connectivity index (χ1n) is 2.03. The number of hydrogen-bond acceptors (Lipinski definition) is 3. The third-order valence-electron chi connectivity index (χ3n) is 0.729. The fraction of sp³-hybridized carbons (Fsp3) is 0.667. The molecular weight excluding hydrogens is 110 g/mol. The molecule has 0 aromatic carbocycles. The quantitative estimate of drug-likeness (QED) is 0.469. The van der Waals surface area contributed by atoms with Crippen molar-refractivity contribution in [1.29, 1.82) is 0 Å². The average Bonchev–Trinajstić information content (AvgIpc) is 2.14. The van der Waals surface area contributed by atoms with Gasteiger partial charge in [0, 0.05) is 0 Å². The molecule has 0 atom stereocenters. The Morgan fingerprint density at radius 3 is 2.86 bits per heavy atom. The second kappa shape index (κ2) is 1.97. The van der Waals surface area contributed by atoms with Crippen LogP contribution in [0, 0.1) is 0 Å². The normalized spacial score (nSPS) is 18.0. The molecule has 3 nitrogen and oxygen atoms in total. The van der Waals surface area contributed by atoms with Crippen LogP contribution < -0.4 is 0 Å². The second-order valence-electron chi connectivity index (χ2n) is 1.22. The molecule has 1 aliphatic heterocycles. The van der Waals surface area contributed by atoms with Crippen molar-refractivity contribution >= 4 is 17.7 Å². The Hall–Kier alpha value is -0.510. The van der Waals surface area contributed by atoms with Crippen molar-refractivity contribution in [3.63, 3.8) is 0 Å². The van der Waals surface area contributed by atoms with E-state index in [2.05, 4.69) is 22.6 Å². The summed E-state index contributed by atoms with van der Waals surface area (Å²) >= 11 is 4.56. The van der Waals surface area contributed by atoms with E-state index >= 15 is 0 Å². The maximum absolute atomic E-state index is 4.56. The molecule has 0 aromatic heterocycles. The summed E-state index contributed by atoms with van der Waals surface area (Å²) in [5.74, 6) is 0. The highest BCUT2D eigenvalue weighted by Gasteiger charge is 1.99. The summed E-state index contributed by atoms with van der Waals surface area (Å²) in [4.78, 5) is 0. The maximum Gasteiger partial charge on any atom is 0.0879 e. The molecule has 38 valence electrons. The maximum atomic E-state index is 4.56. The SMILES string of the molecule is S=CN1CCN=N1. The summed E-state index contributed by atoms with van der Waals surface area (Å²) in [6, 6.07) is 0. The fourth-order valence-corrected chi connectivity index (χ4v) is 0.539. The molecule has 0 aromatic rings. The molecule has 0 saturated carbocycles. The Kier molecular flexibility index (Phi) is 1.31. The van der Waals surface area contributed by atoms with Crippen LogP contribution in [-0.2, 0) is 0 Å². The summed E-state index contributed by atoms with van der Waals surface area (Å²) in [6.45, 7) is 1.64. The lowest BCUT2D eigenvalue weighted by atomic mass is 10.7. The minimum Gasteiger partial charge on any atom is -0.242 e. The monoisotopic (exact) mass is 115 g/mol. The van der Waals surface area contributed by atoms with Crippen molar-refractivity contribution in [3.8, 4) is 0 Å². The predicted octanol–water partition coefficient (Wildman–Crippen LogP) is 0.626. The zero-order valence-electron chi connectivity index (χ0n) is 3.74. The van der Waals surface area contributed by atoms with Gasteiger partial charge in [-0.1, -0.05) is 17.4 Å². The summed E-state index contributed by atoms with van der Waals surface area (Å²) in [7, 11) is 0. The molecular formula is C3H5N3S. The third kappa shape index (κ3) is 0.928. The number of rotatable bonds is 1. The van der Waals surface area contributed by atoms with Crippen LogP contribution in [0.25, 0.3) is 0 Å². The van der Waals surface area contributed by atoms with Crippen LogP contribution in [0.4, 0.5) is 0 Å². The minimum absolute atomic E-state index is 0.785. The van der Waals surface area contributed by atoms with Crippen molar-refractivity contribution in [2.24, 2.45) is 10.3 Å². The molecule has 0 radical (unpaired) electrons. The average molecular weight is 115 g/mol. The van der Waals surface area contributed by atoms with Crippen LogP contribution >= 0.6 is 12.2 Å². The molecule has 1 heterocycles. The van der Waals surface area contributed by atoms with Gasteiger partial charge in [-0.3, -0.25) is 0 Å². The molecule has 4 heteroatoms. The fourth-order valence-electron chi connectivity index (χ4n) is 0.392.